The highest BCUT2D eigenvalue weighted by molar-refractivity contribution is 5.96. The Morgan fingerprint density at radius 2 is 1.74 bits per heavy atom. The summed E-state index contributed by atoms with van der Waals surface area (Å²) in [6.45, 7) is 2.00. The second kappa shape index (κ2) is 10.4. The molecule has 8 heteroatoms. The van der Waals surface area contributed by atoms with Crippen molar-refractivity contribution < 1.29 is 24.0 Å². The molecule has 1 amide bonds. The van der Waals surface area contributed by atoms with Crippen molar-refractivity contribution >= 4 is 11.9 Å². The van der Waals surface area contributed by atoms with Crippen LogP contribution in [0, 0.1) is 6.92 Å². The van der Waals surface area contributed by atoms with Crippen LogP contribution < -0.4 is 10.1 Å². The van der Waals surface area contributed by atoms with Crippen LogP contribution in [0.5, 0.6) is 5.88 Å². The van der Waals surface area contributed by atoms with Gasteiger partial charge in [-0.1, -0.05) is 65.8 Å². The highest BCUT2D eigenvalue weighted by Crippen LogP contribution is 2.26. The number of amides is 1. The summed E-state index contributed by atoms with van der Waals surface area (Å²) in [7, 11) is 0. The van der Waals surface area contributed by atoms with Gasteiger partial charge in [0.1, 0.15) is 24.1 Å². The molecule has 8 nitrogen and oxygen atoms in total. The first kappa shape index (κ1) is 22.7. The van der Waals surface area contributed by atoms with Gasteiger partial charge in [-0.05, 0) is 18.6 Å². The Bertz CT molecular complexity index is 1250. The minimum Gasteiger partial charge on any atom is -0.480 e. The van der Waals surface area contributed by atoms with Gasteiger partial charge in [0.05, 0.1) is 11.1 Å². The summed E-state index contributed by atoms with van der Waals surface area (Å²) >= 11 is 0. The van der Waals surface area contributed by atoms with Crippen molar-refractivity contribution in [3.05, 3.63) is 101 Å². The molecule has 0 aliphatic rings. The smallest absolute Gasteiger partial charge is 0.326 e. The zero-order valence-corrected chi connectivity index (χ0v) is 18.5. The number of ether oxygens (including phenoxy) is 1. The fraction of sp³-hybridized carbons (Fsp3) is 0.154. The van der Waals surface area contributed by atoms with Crippen LogP contribution in [-0.4, -0.2) is 33.2 Å². The molecule has 2 N–H and O–H groups in total. The number of nitrogens with one attached hydrogen (secondary N) is 1. The van der Waals surface area contributed by atoms with Gasteiger partial charge in [-0.2, -0.15) is 0 Å². The zero-order valence-electron chi connectivity index (χ0n) is 18.5. The lowest BCUT2D eigenvalue weighted by Gasteiger charge is -2.14. The number of nitrogens with zero attached hydrogens (tertiary/aromatic N) is 2. The van der Waals surface area contributed by atoms with Crippen molar-refractivity contribution in [1.82, 2.24) is 15.5 Å². The number of aliphatic carboxylic acids is 1. The third-order valence-electron chi connectivity index (χ3n) is 5.28. The lowest BCUT2D eigenvalue weighted by molar-refractivity contribution is -0.139. The number of rotatable bonds is 9. The highest BCUT2D eigenvalue weighted by atomic mass is 16.5. The molecule has 0 spiro atoms. The minimum atomic E-state index is -1.11. The summed E-state index contributed by atoms with van der Waals surface area (Å²) in [4.78, 5) is 28.4. The van der Waals surface area contributed by atoms with E-state index in [1.165, 1.54) is 12.3 Å². The van der Waals surface area contributed by atoms with Gasteiger partial charge in [0.15, 0.2) is 0 Å². The first-order chi connectivity index (χ1) is 16.5. The van der Waals surface area contributed by atoms with Crippen LogP contribution in [0.3, 0.4) is 0 Å². The monoisotopic (exact) mass is 457 g/mol. The molecular formula is C26H23N3O5. The fourth-order valence-corrected chi connectivity index (χ4v) is 3.42. The maximum absolute atomic E-state index is 12.6. The van der Waals surface area contributed by atoms with E-state index >= 15 is 0 Å². The molecule has 1 atom stereocenters. The van der Waals surface area contributed by atoms with Crippen molar-refractivity contribution in [1.29, 1.82) is 0 Å². The topological polar surface area (TPSA) is 115 Å². The molecule has 172 valence electrons. The number of hydrogen-bond acceptors (Lipinski definition) is 6. The number of carbonyl (C=O) groups is 2. The molecule has 0 saturated carbocycles. The van der Waals surface area contributed by atoms with Gasteiger partial charge in [0.2, 0.25) is 5.88 Å². The van der Waals surface area contributed by atoms with E-state index in [1.807, 2.05) is 67.6 Å². The van der Waals surface area contributed by atoms with Gasteiger partial charge < -0.3 is 19.7 Å². The largest absolute Gasteiger partial charge is 0.480 e. The lowest BCUT2D eigenvalue weighted by atomic mass is 10.1. The Hall–Kier alpha value is -4.46. The van der Waals surface area contributed by atoms with Crippen LogP contribution in [0.15, 0.2) is 83.5 Å². The molecule has 2 aromatic heterocycles. The summed E-state index contributed by atoms with van der Waals surface area (Å²) in [5, 5.41) is 16.2. The third-order valence-corrected chi connectivity index (χ3v) is 5.28. The molecule has 0 aliphatic heterocycles. The van der Waals surface area contributed by atoms with E-state index in [2.05, 4.69) is 15.5 Å². The average Bonchev–Trinajstić information content (AvgIpc) is 3.24. The van der Waals surface area contributed by atoms with Gasteiger partial charge in [-0.15, -0.1) is 0 Å². The number of benzene rings is 2. The molecule has 34 heavy (non-hydrogen) atoms. The van der Waals surface area contributed by atoms with E-state index in [0.717, 1.165) is 16.7 Å². The summed E-state index contributed by atoms with van der Waals surface area (Å²) in [5.41, 5.74) is 3.47. The Morgan fingerprint density at radius 1 is 1.03 bits per heavy atom. The zero-order chi connectivity index (χ0) is 23.9. The van der Waals surface area contributed by atoms with Crippen LogP contribution >= 0.6 is 0 Å². The van der Waals surface area contributed by atoms with E-state index in [0.29, 0.717) is 17.3 Å². The predicted octanol–water partition coefficient (Wildman–Crippen LogP) is 4.05. The van der Waals surface area contributed by atoms with Gasteiger partial charge >= 0.3 is 5.97 Å². The van der Waals surface area contributed by atoms with Crippen molar-refractivity contribution in [2.75, 3.05) is 0 Å². The van der Waals surface area contributed by atoms with Gasteiger partial charge in [0.25, 0.3) is 5.91 Å². The minimum absolute atomic E-state index is 0.179. The quantitative estimate of drug-likeness (QED) is 0.390. The second-order valence-corrected chi connectivity index (χ2v) is 7.66. The van der Waals surface area contributed by atoms with E-state index in [9.17, 15) is 14.7 Å². The molecule has 0 saturated heterocycles. The number of carboxylic acids is 1. The fourth-order valence-electron chi connectivity index (χ4n) is 3.42. The van der Waals surface area contributed by atoms with Gasteiger partial charge in [-0.3, -0.25) is 4.79 Å². The number of aromatic nitrogens is 2. The van der Waals surface area contributed by atoms with Crippen LogP contribution in [0.1, 0.15) is 27.2 Å². The standard InChI is InChI=1S/C26H23N3O5/c1-17-21(24(29-34-17)19-10-6-3-7-11-19)16-33-23-13-12-20(15-27-23)25(30)28-22(26(31)32)14-18-8-4-2-5-9-18/h2-13,15,22H,14,16H2,1H3,(H,28,30)(H,31,32). The van der Waals surface area contributed by atoms with Crippen LogP contribution in [0.25, 0.3) is 11.3 Å². The molecule has 4 aromatic rings. The molecule has 0 aliphatic carbocycles. The maximum atomic E-state index is 12.6. The molecular weight excluding hydrogens is 434 g/mol. The van der Waals surface area contributed by atoms with E-state index in [-0.39, 0.29) is 18.6 Å². The maximum Gasteiger partial charge on any atom is 0.326 e. The molecule has 4 rings (SSSR count). The SMILES string of the molecule is Cc1onc(-c2ccccc2)c1COc1ccc(C(=O)NC(Cc2ccccc2)C(=O)O)cn1. The molecule has 2 heterocycles. The summed E-state index contributed by atoms with van der Waals surface area (Å²) < 4.78 is 11.1. The third kappa shape index (κ3) is 5.47. The van der Waals surface area contributed by atoms with Crippen molar-refractivity contribution in [3.63, 3.8) is 0 Å². The van der Waals surface area contributed by atoms with Crippen LogP contribution in [-0.2, 0) is 17.8 Å². The van der Waals surface area contributed by atoms with Crippen LogP contribution in [0.4, 0.5) is 0 Å². The second-order valence-electron chi connectivity index (χ2n) is 7.66. The van der Waals surface area contributed by atoms with Crippen molar-refractivity contribution in [3.8, 4) is 17.1 Å². The van der Waals surface area contributed by atoms with Crippen LogP contribution in [0.2, 0.25) is 0 Å². The van der Waals surface area contributed by atoms with Crippen molar-refractivity contribution in [2.45, 2.75) is 26.0 Å². The van der Waals surface area contributed by atoms with E-state index in [4.69, 9.17) is 9.26 Å². The Morgan fingerprint density at radius 3 is 2.38 bits per heavy atom. The van der Waals surface area contributed by atoms with E-state index < -0.39 is 17.9 Å². The molecule has 0 bridgehead atoms. The number of carboxylic acid groups (broad SMARTS) is 1. The molecule has 0 radical (unpaired) electrons. The molecule has 2 aromatic carbocycles. The van der Waals surface area contributed by atoms with E-state index in [1.54, 1.807) is 6.07 Å². The summed E-state index contributed by atoms with van der Waals surface area (Å²) in [6.07, 6.45) is 1.53. The number of pyridine rings is 1. The Balaban J connectivity index is 1.39. The Kier molecular flexibility index (Phi) is 6.98. The van der Waals surface area contributed by atoms with Gasteiger partial charge in [0, 0.05) is 24.2 Å². The van der Waals surface area contributed by atoms with Gasteiger partial charge in [-0.25, -0.2) is 9.78 Å². The summed E-state index contributed by atoms with van der Waals surface area (Å²) in [5.74, 6) is -0.671. The molecule has 0 fully saturated rings. The summed E-state index contributed by atoms with van der Waals surface area (Å²) in [6, 6.07) is 20.8. The predicted molar refractivity (Wildman–Crippen MR) is 124 cm³/mol. The first-order valence-electron chi connectivity index (χ1n) is 10.7. The normalized spacial score (nSPS) is 11.6. The molecule has 1 unspecified atom stereocenters. The number of hydrogen-bond donors (Lipinski definition) is 2. The first-order valence-corrected chi connectivity index (χ1v) is 10.7. The average molecular weight is 457 g/mol. The Labute approximate surface area is 196 Å². The number of aryl methyl sites for hydroxylation is 1. The number of carbonyl (C=O) groups excluding carboxylic acids is 1. The van der Waals surface area contributed by atoms with Crippen molar-refractivity contribution in [2.24, 2.45) is 0 Å². The highest BCUT2D eigenvalue weighted by Gasteiger charge is 2.21. The lowest BCUT2D eigenvalue weighted by Crippen LogP contribution is -2.42.